The minimum absolute atomic E-state index is 0.0173. The molecule has 4 nitrogen and oxygen atoms in total. The van der Waals surface area contributed by atoms with Crippen LogP contribution in [-0.2, 0) is 0 Å². The summed E-state index contributed by atoms with van der Waals surface area (Å²) < 4.78 is 31.0. The van der Waals surface area contributed by atoms with Crippen molar-refractivity contribution >= 4 is 31.9 Å². The molecular formula is C13H14Br2F2N4. The molecule has 0 amide bonds. The number of hydrogen-bond acceptors (Lipinski definition) is 3. The van der Waals surface area contributed by atoms with Crippen molar-refractivity contribution < 1.29 is 8.78 Å². The van der Waals surface area contributed by atoms with Crippen LogP contribution in [0.5, 0.6) is 0 Å². The maximum Gasteiger partial charge on any atom is 0.132 e. The summed E-state index contributed by atoms with van der Waals surface area (Å²) in [6.07, 6.45) is 1.58. The van der Waals surface area contributed by atoms with E-state index in [0.717, 1.165) is 0 Å². The molecule has 0 aliphatic carbocycles. The lowest BCUT2D eigenvalue weighted by atomic mass is 10.0. The van der Waals surface area contributed by atoms with Gasteiger partial charge >= 0.3 is 0 Å². The SMILES string of the molecule is CC(C)n1ncc(Br)c1C(NN)c1c(F)cc(Br)cc1F. The van der Waals surface area contributed by atoms with Gasteiger partial charge in [-0.1, -0.05) is 15.9 Å². The number of aromatic nitrogens is 2. The zero-order chi connectivity index (χ0) is 15.7. The van der Waals surface area contributed by atoms with E-state index < -0.39 is 17.7 Å². The minimum atomic E-state index is -0.864. The molecule has 0 spiro atoms. The van der Waals surface area contributed by atoms with E-state index >= 15 is 0 Å². The van der Waals surface area contributed by atoms with Crippen LogP contribution in [0.2, 0.25) is 0 Å². The van der Waals surface area contributed by atoms with Gasteiger partial charge in [-0.25, -0.2) is 14.2 Å². The summed E-state index contributed by atoms with van der Waals surface area (Å²) in [6.45, 7) is 3.84. The van der Waals surface area contributed by atoms with Gasteiger partial charge in [0.05, 0.1) is 22.4 Å². The molecule has 0 aliphatic rings. The monoisotopic (exact) mass is 422 g/mol. The molecule has 1 aromatic heterocycles. The molecule has 2 rings (SSSR count). The molecule has 1 aromatic carbocycles. The number of halogens is 4. The molecule has 114 valence electrons. The topological polar surface area (TPSA) is 55.9 Å². The second-order valence-electron chi connectivity index (χ2n) is 4.80. The van der Waals surface area contributed by atoms with E-state index in [1.165, 1.54) is 12.1 Å². The Morgan fingerprint density at radius 2 is 1.81 bits per heavy atom. The van der Waals surface area contributed by atoms with Gasteiger partial charge < -0.3 is 0 Å². The van der Waals surface area contributed by atoms with Crippen LogP contribution in [0.4, 0.5) is 8.78 Å². The van der Waals surface area contributed by atoms with Crippen LogP contribution in [0.15, 0.2) is 27.3 Å². The van der Waals surface area contributed by atoms with E-state index in [2.05, 4.69) is 42.4 Å². The highest BCUT2D eigenvalue weighted by Crippen LogP contribution is 2.33. The lowest BCUT2D eigenvalue weighted by Crippen LogP contribution is -2.32. The van der Waals surface area contributed by atoms with Gasteiger partial charge in [-0.15, -0.1) is 0 Å². The Balaban J connectivity index is 2.64. The number of benzene rings is 1. The van der Waals surface area contributed by atoms with Crippen LogP contribution in [0, 0.1) is 11.6 Å². The predicted molar refractivity (Wildman–Crippen MR) is 83.5 cm³/mol. The summed E-state index contributed by atoms with van der Waals surface area (Å²) in [5.41, 5.74) is 2.89. The number of nitrogens with two attached hydrogens (primary N) is 1. The van der Waals surface area contributed by atoms with Gasteiger partial charge in [0.2, 0.25) is 0 Å². The number of hydrogen-bond donors (Lipinski definition) is 2. The average molecular weight is 424 g/mol. The first kappa shape index (κ1) is 16.5. The van der Waals surface area contributed by atoms with E-state index in [4.69, 9.17) is 5.84 Å². The molecule has 1 unspecified atom stereocenters. The molecule has 0 fully saturated rings. The van der Waals surface area contributed by atoms with Crippen molar-refractivity contribution in [2.45, 2.75) is 25.9 Å². The van der Waals surface area contributed by atoms with Crippen molar-refractivity contribution in [1.29, 1.82) is 0 Å². The van der Waals surface area contributed by atoms with Crippen LogP contribution < -0.4 is 11.3 Å². The third-order valence-corrected chi connectivity index (χ3v) is 4.12. The zero-order valence-electron chi connectivity index (χ0n) is 11.4. The summed E-state index contributed by atoms with van der Waals surface area (Å²) >= 11 is 6.42. The molecule has 21 heavy (non-hydrogen) atoms. The van der Waals surface area contributed by atoms with Crippen LogP contribution >= 0.6 is 31.9 Å². The molecule has 0 bridgehead atoms. The third-order valence-electron chi connectivity index (χ3n) is 3.05. The maximum atomic E-state index is 14.2. The Kier molecular flexibility index (Phi) is 5.13. The Bertz CT molecular complexity index is 635. The lowest BCUT2D eigenvalue weighted by Gasteiger charge is -2.21. The summed E-state index contributed by atoms with van der Waals surface area (Å²) in [4.78, 5) is 0. The second-order valence-corrected chi connectivity index (χ2v) is 6.57. The van der Waals surface area contributed by atoms with Crippen LogP contribution in [-0.4, -0.2) is 9.78 Å². The van der Waals surface area contributed by atoms with Gasteiger partial charge in [0, 0.05) is 16.1 Å². The fourth-order valence-electron chi connectivity index (χ4n) is 2.16. The number of nitrogens with one attached hydrogen (secondary N) is 1. The number of nitrogens with zero attached hydrogens (tertiary/aromatic N) is 2. The van der Waals surface area contributed by atoms with E-state index in [1.807, 2.05) is 13.8 Å². The molecule has 0 radical (unpaired) electrons. The van der Waals surface area contributed by atoms with Crippen molar-refractivity contribution in [3.8, 4) is 0 Å². The molecule has 0 aliphatic heterocycles. The zero-order valence-corrected chi connectivity index (χ0v) is 14.5. The first-order valence-electron chi connectivity index (χ1n) is 6.20. The molecule has 0 saturated heterocycles. The quantitative estimate of drug-likeness (QED) is 0.580. The van der Waals surface area contributed by atoms with Gasteiger partial charge in [0.15, 0.2) is 0 Å². The lowest BCUT2D eigenvalue weighted by molar-refractivity contribution is 0.451. The summed E-state index contributed by atoms with van der Waals surface area (Å²) in [7, 11) is 0. The van der Waals surface area contributed by atoms with E-state index in [0.29, 0.717) is 14.6 Å². The average Bonchev–Trinajstić information content (AvgIpc) is 2.75. The van der Waals surface area contributed by atoms with Crippen molar-refractivity contribution in [1.82, 2.24) is 15.2 Å². The molecule has 2 aromatic rings. The maximum absolute atomic E-state index is 14.2. The van der Waals surface area contributed by atoms with Gasteiger partial charge in [-0.2, -0.15) is 5.10 Å². The fourth-order valence-corrected chi connectivity index (χ4v) is 3.06. The molecule has 3 N–H and O–H groups in total. The Hall–Kier alpha value is -0.830. The van der Waals surface area contributed by atoms with Gasteiger partial charge in [0.25, 0.3) is 0 Å². The summed E-state index contributed by atoms with van der Waals surface area (Å²) in [5.74, 6) is 4.18. The van der Waals surface area contributed by atoms with Gasteiger partial charge in [-0.05, 0) is 41.9 Å². The highest BCUT2D eigenvalue weighted by Gasteiger charge is 2.27. The molecule has 1 heterocycles. The smallest absolute Gasteiger partial charge is 0.132 e. The van der Waals surface area contributed by atoms with Crippen molar-refractivity contribution in [3.63, 3.8) is 0 Å². The van der Waals surface area contributed by atoms with E-state index in [-0.39, 0.29) is 11.6 Å². The first-order valence-corrected chi connectivity index (χ1v) is 7.78. The van der Waals surface area contributed by atoms with E-state index in [1.54, 1.807) is 10.9 Å². The first-order chi connectivity index (χ1) is 9.86. The highest BCUT2D eigenvalue weighted by atomic mass is 79.9. The largest absolute Gasteiger partial charge is 0.271 e. The Morgan fingerprint density at radius 1 is 1.24 bits per heavy atom. The van der Waals surface area contributed by atoms with Gasteiger partial charge in [0.1, 0.15) is 11.6 Å². The molecule has 0 saturated carbocycles. The van der Waals surface area contributed by atoms with Crippen molar-refractivity contribution in [3.05, 3.63) is 50.2 Å². The van der Waals surface area contributed by atoms with Crippen LogP contribution in [0.3, 0.4) is 0 Å². The Morgan fingerprint density at radius 3 is 2.29 bits per heavy atom. The summed E-state index contributed by atoms with van der Waals surface area (Å²) in [5, 5.41) is 4.21. The normalized spacial score (nSPS) is 13.0. The second kappa shape index (κ2) is 6.51. The Labute approximate surface area is 137 Å². The van der Waals surface area contributed by atoms with Gasteiger partial charge in [-0.3, -0.25) is 10.5 Å². The van der Waals surface area contributed by atoms with E-state index in [9.17, 15) is 8.78 Å². The van der Waals surface area contributed by atoms with Crippen molar-refractivity contribution in [2.24, 2.45) is 5.84 Å². The third kappa shape index (κ3) is 3.18. The number of hydrazine groups is 1. The summed E-state index contributed by atoms with van der Waals surface area (Å²) in [6, 6.07) is 1.56. The fraction of sp³-hybridized carbons (Fsp3) is 0.308. The molecule has 8 heteroatoms. The molecule has 1 atom stereocenters. The standard InChI is InChI=1S/C13H14Br2F2N4/c1-6(2)21-13(8(15)5-19-21)12(20-18)11-9(16)3-7(14)4-10(11)17/h3-6,12,20H,18H2,1-2H3. The van der Waals surface area contributed by atoms with Crippen LogP contribution in [0.1, 0.15) is 37.2 Å². The number of rotatable bonds is 4. The minimum Gasteiger partial charge on any atom is -0.271 e. The highest BCUT2D eigenvalue weighted by molar-refractivity contribution is 9.10. The van der Waals surface area contributed by atoms with Crippen molar-refractivity contribution in [2.75, 3.05) is 0 Å². The van der Waals surface area contributed by atoms with Crippen LogP contribution in [0.25, 0.3) is 0 Å². The predicted octanol–water partition coefficient (Wildman–Crippen LogP) is 3.82. The molecular weight excluding hydrogens is 410 g/mol.